The lowest BCUT2D eigenvalue weighted by atomic mass is 10.0. The molecule has 0 amide bonds. The molecule has 4 heteroatoms. The highest BCUT2D eigenvalue weighted by Gasteiger charge is 2.23. The molecule has 0 aliphatic rings. The molecule has 0 aliphatic carbocycles. The molecule has 0 unspecified atom stereocenters. The van der Waals surface area contributed by atoms with E-state index >= 15 is 0 Å². The Morgan fingerprint density at radius 3 is 1.79 bits per heavy atom. The third-order valence-electron chi connectivity index (χ3n) is 2.00. The van der Waals surface area contributed by atoms with Crippen LogP contribution in [0.25, 0.3) is 0 Å². The van der Waals surface area contributed by atoms with E-state index in [1.54, 1.807) is 19.9 Å². The molecule has 0 aliphatic heterocycles. The highest BCUT2D eigenvalue weighted by atomic mass is 16.4. The summed E-state index contributed by atoms with van der Waals surface area (Å²) in [5.74, 6) is -4.16. The molecule has 0 fully saturated rings. The summed E-state index contributed by atoms with van der Waals surface area (Å²) in [6.07, 6.45) is 3.03. The summed E-state index contributed by atoms with van der Waals surface area (Å²) in [5, 5.41) is 17.2. The van der Waals surface area contributed by atoms with E-state index in [0.717, 1.165) is 5.57 Å². The molecule has 0 heterocycles. The van der Waals surface area contributed by atoms with Gasteiger partial charge in [0.25, 0.3) is 0 Å². The van der Waals surface area contributed by atoms with Gasteiger partial charge in [-0.3, -0.25) is 9.59 Å². The Morgan fingerprint density at radius 2 is 1.50 bits per heavy atom. The molecule has 4 nitrogen and oxygen atoms in total. The summed E-state index contributed by atoms with van der Waals surface area (Å²) in [7, 11) is 0. The molecule has 0 radical (unpaired) electrons. The lowest BCUT2D eigenvalue weighted by molar-refractivity contribution is -0.151. The van der Waals surface area contributed by atoms with Crippen molar-refractivity contribution in [2.75, 3.05) is 0 Å². The fourth-order valence-electron chi connectivity index (χ4n) is 0.857. The standard InChI is InChI=1S/C10H14O4/c1-4-6(2)7(3)5-8(9(11)12)10(13)14/h4-5,8H,1-3H3,(H,11,12)(H,13,14)/b6-4+,7-5+. The van der Waals surface area contributed by atoms with Gasteiger partial charge < -0.3 is 10.2 Å². The number of carbonyl (C=O) groups is 2. The monoisotopic (exact) mass is 198 g/mol. The van der Waals surface area contributed by atoms with Gasteiger partial charge in [-0.25, -0.2) is 0 Å². The maximum Gasteiger partial charge on any atom is 0.321 e. The number of allylic oxidation sites excluding steroid dienone is 3. The van der Waals surface area contributed by atoms with Crippen molar-refractivity contribution in [3.63, 3.8) is 0 Å². The van der Waals surface area contributed by atoms with Gasteiger partial charge in [-0.15, -0.1) is 0 Å². The quantitative estimate of drug-likeness (QED) is 0.532. The van der Waals surface area contributed by atoms with Crippen molar-refractivity contribution in [3.8, 4) is 0 Å². The van der Waals surface area contributed by atoms with Gasteiger partial charge in [-0.05, 0) is 20.8 Å². The maximum absolute atomic E-state index is 10.5. The fourth-order valence-corrected chi connectivity index (χ4v) is 0.857. The van der Waals surface area contributed by atoms with Crippen molar-refractivity contribution >= 4 is 11.9 Å². The Kier molecular flexibility index (Phi) is 4.63. The van der Waals surface area contributed by atoms with Gasteiger partial charge in [-0.1, -0.05) is 23.3 Å². The van der Waals surface area contributed by atoms with Gasteiger partial charge in [0.15, 0.2) is 5.92 Å². The van der Waals surface area contributed by atoms with Crippen molar-refractivity contribution < 1.29 is 19.8 Å². The lowest BCUT2D eigenvalue weighted by Gasteiger charge is -2.04. The molecule has 0 spiro atoms. The number of rotatable bonds is 4. The second kappa shape index (κ2) is 5.21. The predicted molar refractivity (Wildman–Crippen MR) is 51.9 cm³/mol. The normalized spacial score (nSPS) is 13.1. The first-order valence-corrected chi connectivity index (χ1v) is 4.17. The molecule has 0 bridgehead atoms. The highest BCUT2D eigenvalue weighted by molar-refractivity contribution is 5.95. The van der Waals surface area contributed by atoms with Crippen molar-refractivity contribution in [1.82, 2.24) is 0 Å². The van der Waals surface area contributed by atoms with Crippen LogP contribution in [0.3, 0.4) is 0 Å². The summed E-state index contributed by atoms with van der Waals surface area (Å²) in [5.41, 5.74) is 1.54. The average molecular weight is 198 g/mol. The first kappa shape index (κ1) is 12.4. The molecule has 0 aromatic rings. The zero-order valence-electron chi connectivity index (χ0n) is 8.44. The SMILES string of the molecule is C/C=C(C)/C(C)=C/C(C(=O)O)C(=O)O. The van der Waals surface area contributed by atoms with E-state index in [1.807, 2.05) is 6.92 Å². The molecule has 2 N–H and O–H groups in total. The minimum Gasteiger partial charge on any atom is -0.480 e. The van der Waals surface area contributed by atoms with E-state index in [9.17, 15) is 9.59 Å². The minimum absolute atomic E-state index is 0.669. The van der Waals surface area contributed by atoms with E-state index in [-0.39, 0.29) is 0 Å². The Balaban J connectivity index is 4.91. The van der Waals surface area contributed by atoms with Crippen LogP contribution in [0.1, 0.15) is 20.8 Å². The zero-order valence-corrected chi connectivity index (χ0v) is 8.44. The second-order valence-corrected chi connectivity index (χ2v) is 2.98. The van der Waals surface area contributed by atoms with Gasteiger partial charge >= 0.3 is 11.9 Å². The third-order valence-corrected chi connectivity index (χ3v) is 2.00. The van der Waals surface area contributed by atoms with E-state index in [1.165, 1.54) is 6.08 Å². The summed E-state index contributed by atoms with van der Waals surface area (Å²) in [6, 6.07) is 0. The van der Waals surface area contributed by atoms with Gasteiger partial charge in [0.2, 0.25) is 0 Å². The van der Waals surface area contributed by atoms with Gasteiger partial charge in [0.05, 0.1) is 0 Å². The molecule has 78 valence electrons. The largest absolute Gasteiger partial charge is 0.480 e. The minimum atomic E-state index is -1.47. The van der Waals surface area contributed by atoms with Gasteiger partial charge in [-0.2, -0.15) is 0 Å². The molecule has 0 aromatic heterocycles. The van der Waals surface area contributed by atoms with E-state index in [4.69, 9.17) is 10.2 Å². The Labute approximate surface area is 82.6 Å². The summed E-state index contributed by atoms with van der Waals surface area (Å²) >= 11 is 0. The van der Waals surface area contributed by atoms with Crippen LogP contribution in [0.2, 0.25) is 0 Å². The van der Waals surface area contributed by atoms with Crippen LogP contribution in [0.5, 0.6) is 0 Å². The summed E-state index contributed by atoms with van der Waals surface area (Å²) in [6.45, 7) is 5.30. The maximum atomic E-state index is 10.5. The Hall–Kier alpha value is -1.58. The van der Waals surface area contributed by atoms with Crippen molar-refractivity contribution in [1.29, 1.82) is 0 Å². The van der Waals surface area contributed by atoms with Crippen LogP contribution in [0.4, 0.5) is 0 Å². The van der Waals surface area contributed by atoms with Crippen LogP contribution in [0, 0.1) is 5.92 Å². The number of hydrogen-bond acceptors (Lipinski definition) is 2. The van der Waals surface area contributed by atoms with E-state index in [0.29, 0.717) is 5.57 Å². The van der Waals surface area contributed by atoms with Crippen LogP contribution in [-0.2, 0) is 9.59 Å². The molecular weight excluding hydrogens is 184 g/mol. The van der Waals surface area contributed by atoms with Crippen LogP contribution < -0.4 is 0 Å². The molecule has 0 rings (SSSR count). The Bertz CT molecular complexity index is 285. The number of carboxylic acid groups (broad SMARTS) is 2. The van der Waals surface area contributed by atoms with Crippen LogP contribution >= 0.6 is 0 Å². The summed E-state index contributed by atoms with van der Waals surface area (Å²) in [4.78, 5) is 21.1. The van der Waals surface area contributed by atoms with Crippen molar-refractivity contribution in [3.05, 3.63) is 23.3 Å². The van der Waals surface area contributed by atoms with Crippen molar-refractivity contribution in [2.24, 2.45) is 5.92 Å². The van der Waals surface area contributed by atoms with Gasteiger partial charge in [0.1, 0.15) is 0 Å². The fraction of sp³-hybridized carbons (Fsp3) is 0.400. The average Bonchev–Trinajstić information content (AvgIpc) is 2.11. The van der Waals surface area contributed by atoms with Gasteiger partial charge in [0, 0.05) is 0 Å². The first-order chi connectivity index (χ1) is 6.40. The number of hydrogen-bond donors (Lipinski definition) is 2. The molecular formula is C10H14O4. The zero-order chi connectivity index (χ0) is 11.3. The Morgan fingerprint density at radius 1 is 1.07 bits per heavy atom. The summed E-state index contributed by atoms with van der Waals surface area (Å²) < 4.78 is 0. The molecule has 14 heavy (non-hydrogen) atoms. The second-order valence-electron chi connectivity index (χ2n) is 2.98. The van der Waals surface area contributed by atoms with E-state index < -0.39 is 17.9 Å². The molecule has 0 saturated carbocycles. The first-order valence-electron chi connectivity index (χ1n) is 4.17. The number of aliphatic carboxylic acids is 2. The topological polar surface area (TPSA) is 74.6 Å². The smallest absolute Gasteiger partial charge is 0.321 e. The molecule has 0 atom stereocenters. The number of carboxylic acids is 2. The van der Waals surface area contributed by atoms with Crippen LogP contribution in [0.15, 0.2) is 23.3 Å². The van der Waals surface area contributed by atoms with E-state index in [2.05, 4.69) is 0 Å². The lowest BCUT2D eigenvalue weighted by Crippen LogP contribution is -2.21. The van der Waals surface area contributed by atoms with Crippen LogP contribution in [-0.4, -0.2) is 22.2 Å². The molecule has 0 saturated heterocycles. The third kappa shape index (κ3) is 3.43. The predicted octanol–water partition coefficient (Wildman–Crippen LogP) is 1.68. The van der Waals surface area contributed by atoms with Crippen molar-refractivity contribution in [2.45, 2.75) is 20.8 Å². The highest BCUT2D eigenvalue weighted by Crippen LogP contribution is 2.12. The molecule has 0 aromatic carbocycles.